The maximum Gasteiger partial charge on any atom is 0.338 e. The zero-order valence-corrected chi connectivity index (χ0v) is 9.93. The topological polar surface area (TPSA) is 35.5 Å². The number of esters is 1. The molecule has 0 spiro atoms. The van der Waals surface area contributed by atoms with Crippen molar-refractivity contribution in [2.24, 2.45) is 0 Å². The highest BCUT2D eigenvalue weighted by Gasteiger charge is 2.16. The first-order chi connectivity index (χ1) is 7.13. The van der Waals surface area contributed by atoms with Crippen molar-refractivity contribution in [2.45, 2.75) is 5.33 Å². The fraction of sp³-hybridized carbons (Fsp3) is 0.300. The molecule has 15 heavy (non-hydrogen) atoms. The molecule has 0 aliphatic heterocycles. The Balaban J connectivity index is 3.32. The fourth-order valence-electron chi connectivity index (χ4n) is 1.16. The van der Waals surface area contributed by atoms with E-state index in [0.29, 0.717) is 0 Å². The Morgan fingerprint density at radius 1 is 1.47 bits per heavy atom. The number of hydrogen-bond acceptors (Lipinski definition) is 3. The summed E-state index contributed by atoms with van der Waals surface area (Å²) in [4.78, 5) is 11.3. The van der Waals surface area contributed by atoms with Crippen LogP contribution in [-0.4, -0.2) is 20.2 Å². The Morgan fingerprint density at radius 3 is 2.60 bits per heavy atom. The van der Waals surface area contributed by atoms with Crippen LogP contribution in [0.15, 0.2) is 12.1 Å². The summed E-state index contributed by atoms with van der Waals surface area (Å²) in [5.41, 5.74) is 0.439. The van der Waals surface area contributed by atoms with E-state index in [0.717, 1.165) is 0 Å². The van der Waals surface area contributed by atoms with Crippen LogP contribution in [0.5, 0.6) is 5.75 Å². The van der Waals surface area contributed by atoms with Crippen LogP contribution >= 0.6 is 15.9 Å². The molecule has 1 aromatic rings. The van der Waals surface area contributed by atoms with E-state index in [2.05, 4.69) is 20.7 Å². The van der Waals surface area contributed by atoms with Gasteiger partial charge in [-0.3, -0.25) is 0 Å². The number of methoxy groups -OCH3 is 2. The van der Waals surface area contributed by atoms with Crippen LogP contribution in [-0.2, 0) is 10.1 Å². The van der Waals surface area contributed by atoms with Gasteiger partial charge in [-0.2, -0.15) is 0 Å². The molecule has 0 unspecified atom stereocenters. The minimum atomic E-state index is -0.581. The van der Waals surface area contributed by atoms with Gasteiger partial charge in [-0.05, 0) is 6.07 Å². The van der Waals surface area contributed by atoms with Gasteiger partial charge in [0.15, 0.2) is 0 Å². The fourth-order valence-corrected chi connectivity index (χ4v) is 1.73. The molecule has 0 fully saturated rings. The largest absolute Gasteiger partial charge is 0.497 e. The lowest BCUT2D eigenvalue weighted by atomic mass is 10.1. The molecular weight excluding hydrogens is 267 g/mol. The Kier molecular flexibility index (Phi) is 4.08. The van der Waals surface area contributed by atoms with Crippen molar-refractivity contribution in [3.8, 4) is 5.75 Å². The van der Waals surface area contributed by atoms with Gasteiger partial charge in [0.25, 0.3) is 0 Å². The van der Waals surface area contributed by atoms with Crippen molar-refractivity contribution >= 4 is 21.9 Å². The third kappa shape index (κ3) is 2.47. The lowest BCUT2D eigenvalue weighted by Crippen LogP contribution is -2.07. The summed E-state index contributed by atoms with van der Waals surface area (Å²) in [6.45, 7) is 0. The van der Waals surface area contributed by atoms with Crippen molar-refractivity contribution in [1.29, 1.82) is 0 Å². The van der Waals surface area contributed by atoms with Gasteiger partial charge >= 0.3 is 5.97 Å². The Morgan fingerprint density at radius 2 is 2.13 bits per heavy atom. The summed E-state index contributed by atoms with van der Waals surface area (Å²) in [5.74, 6) is -0.786. The Bertz CT molecular complexity index is 379. The lowest BCUT2D eigenvalue weighted by Gasteiger charge is -2.09. The van der Waals surface area contributed by atoms with Gasteiger partial charge in [0.05, 0.1) is 19.8 Å². The molecule has 5 heteroatoms. The summed E-state index contributed by atoms with van der Waals surface area (Å²) in [6, 6.07) is 2.68. The molecule has 0 aliphatic rings. The van der Waals surface area contributed by atoms with E-state index in [4.69, 9.17) is 4.74 Å². The van der Waals surface area contributed by atoms with Gasteiger partial charge in [0.2, 0.25) is 0 Å². The predicted molar refractivity (Wildman–Crippen MR) is 56.9 cm³/mol. The van der Waals surface area contributed by atoms with Crippen molar-refractivity contribution in [3.63, 3.8) is 0 Å². The van der Waals surface area contributed by atoms with Crippen LogP contribution in [0.3, 0.4) is 0 Å². The normalized spacial score (nSPS) is 9.87. The average molecular weight is 277 g/mol. The number of alkyl halides is 1. The monoisotopic (exact) mass is 276 g/mol. The summed E-state index contributed by atoms with van der Waals surface area (Å²) < 4.78 is 22.9. The van der Waals surface area contributed by atoms with E-state index < -0.39 is 11.8 Å². The van der Waals surface area contributed by atoms with E-state index >= 15 is 0 Å². The molecular formula is C10H10BrFO3. The zero-order chi connectivity index (χ0) is 11.4. The second-order valence-corrected chi connectivity index (χ2v) is 3.32. The number of benzene rings is 1. The minimum Gasteiger partial charge on any atom is -0.497 e. The minimum absolute atomic E-state index is 0.172. The number of halogens is 2. The molecule has 0 bridgehead atoms. The molecule has 0 aliphatic carbocycles. The molecule has 1 rings (SSSR count). The van der Waals surface area contributed by atoms with Gasteiger partial charge in [-0.15, -0.1) is 0 Å². The van der Waals surface area contributed by atoms with Crippen LogP contribution in [0.25, 0.3) is 0 Å². The third-order valence-corrected chi connectivity index (χ3v) is 2.50. The maximum absolute atomic E-state index is 13.5. The van der Waals surface area contributed by atoms with Crippen molar-refractivity contribution in [2.75, 3.05) is 14.2 Å². The first-order valence-corrected chi connectivity index (χ1v) is 5.26. The number of carbonyl (C=O) groups excluding carboxylic acids is 1. The first-order valence-electron chi connectivity index (χ1n) is 4.14. The van der Waals surface area contributed by atoms with Gasteiger partial charge < -0.3 is 9.47 Å². The molecule has 0 saturated carbocycles. The maximum atomic E-state index is 13.5. The molecule has 1 aromatic carbocycles. The summed E-state index contributed by atoms with van der Waals surface area (Å²) in [7, 11) is 2.65. The van der Waals surface area contributed by atoms with Crippen molar-refractivity contribution < 1.29 is 18.7 Å². The smallest absolute Gasteiger partial charge is 0.338 e. The molecule has 82 valence electrons. The summed E-state index contributed by atoms with van der Waals surface area (Å²) in [5, 5.41) is 0.243. The van der Waals surface area contributed by atoms with Gasteiger partial charge in [0.1, 0.15) is 11.6 Å². The molecule has 0 atom stereocenters. The number of hydrogen-bond donors (Lipinski definition) is 0. The third-order valence-electron chi connectivity index (χ3n) is 1.94. The zero-order valence-electron chi connectivity index (χ0n) is 8.34. The summed E-state index contributed by atoms with van der Waals surface area (Å²) in [6.07, 6.45) is 0. The molecule has 0 N–H and O–H groups in total. The Hall–Kier alpha value is -1.10. The van der Waals surface area contributed by atoms with E-state index in [1.54, 1.807) is 0 Å². The van der Waals surface area contributed by atoms with Gasteiger partial charge in [0, 0.05) is 17.0 Å². The number of carbonyl (C=O) groups is 1. The molecule has 3 nitrogen and oxygen atoms in total. The standard InChI is InChI=1S/C10H10BrFO3/c1-14-6-3-7(10(13)15-2)8(5-11)9(12)4-6/h3-4H,5H2,1-2H3. The van der Waals surface area contributed by atoms with E-state index in [9.17, 15) is 9.18 Å². The highest BCUT2D eigenvalue weighted by Crippen LogP contribution is 2.24. The SMILES string of the molecule is COC(=O)c1cc(OC)cc(F)c1CBr. The first kappa shape index (κ1) is 12.0. The molecule has 0 aromatic heterocycles. The van der Waals surface area contributed by atoms with Gasteiger partial charge in [-0.1, -0.05) is 15.9 Å². The molecule has 0 heterocycles. The van der Waals surface area contributed by atoms with Gasteiger partial charge in [-0.25, -0.2) is 9.18 Å². The average Bonchev–Trinajstić information content (AvgIpc) is 2.26. The second kappa shape index (κ2) is 5.11. The molecule has 0 amide bonds. The van der Waals surface area contributed by atoms with Crippen LogP contribution in [0.1, 0.15) is 15.9 Å². The van der Waals surface area contributed by atoms with Crippen LogP contribution in [0, 0.1) is 5.82 Å². The lowest BCUT2D eigenvalue weighted by molar-refractivity contribution is 0.0598. The predicted octanol–water partition coefficient (Wildman–Crippen LogP) is 2.52. The summed E-state index contributed by atoms with van der Waals surface area (Å²) >= 11 is 3.11. The van der Waals surface area contributed by atoms with Crippen molar-refractivity contribution in [1.82, 2.24) is 0 Å². The van der Waals surface area contributed by atoms with Crippen LogP contribution < -0.4 is 4.74 Å². The quantitative estimate of drug-likeness (QED) is 0.629. The van der Waals surface area contributed by atoms with Crippen molar-refractivity contribution in [3.05, 3.63) is 29.1 Å². The molecule has 0 saturated heterocycles. The van der Waals surface area contributed by atoms with E-state index in [-0.39, 0.29) is 22.2 Å². The van der Waals surface area contributed by atoms with E-state index in [1.807, 2.05) is 0 Å². The highest BCUT2D eigenvalue weighted by atomic mass is 79.9. The number of rotatable bonds is 3. The van der Waals surface area contributed by atoms with E-state index in [1.165, 1.54) is 26.4 Å². The second-order valence-electron chi connectivity index (χ2n) is 2.76. The highest BCUT2D eigenvalue weighted by molar-refractivity contribution is 9.08. The Labute approximate surface area is 95.3 Å². The van der Waals surface area contributed by atoms with Crippen LogP contribution in [0.4, 0.5) is 4.39 Å². The number of ether oxygens (including phenoxy) is 2. The molecule has 0 radical (unpaired) electrons. The van der Waals surface area contributed by atoms with Crippen LogP contribution in [0.2, 0.25) is 0 Å².